The zero-order chi connectivity index (χ0) is 15.2. The van der Waals surface area contributed by atoms with E-state index in [1.807, 2.05) is 18.2 Å². The van der Waals surface area contributed by atoms with Gasteiger partial charge in [0.05, 0.1) is 10.7 Å². The van der Waals surface area contributed by atoms with Gasteiger partial charge in [-0.05, 0) is 37.0 Å². The van der Waals surface area contributed by atoms with Gasteiger partial charge in [0.25, 0.3) is 0 Å². The van der Waals surface area contributed by atoms with Crippen LogP contribution in [0.5, 0.6) is 0 Å². The molecule has 0 amide bonds. The van der Waals surface area contributed by atoms with Crippen LogP contribution >= 0.6 is 11.6 Å². The standard InChI is InChI=1S/C16H17ClN4/c1-12-3-2-6-21(11-12)16-5-4-14(7-15(16)17)20-10-13(8-18)9-19/h4-5,7,10,12,20H,2-3,6,11H2,1H3. The number of nitrogens with zero attached hydrogens (tertiary/aromatic N) is 3. The van der Waals surface area contributed by atoms with E-state index in [0.717, 1.165) is 24.5 Å². The third-order valence-electron chi connectivity index (χ3n) is 3.57. The first-order valence-electron chi connectivity index (χ1n) is 6.95. The summed E-state index contributed by atoms with van der Waals surface area (Å²) in [5, 5.41) is 21.0. The molecule has 5 heteroatoms. The lowest BCUT2D eigenvalue weighted by molar-refractivity contribution is 0.447. The summed E-state index contributed by atoms with van der Waals surface area (Å²) in [6.07, 6.45) is 3.84. The maximum Gasteiger partial charge on any atom is 0.145 e. The lowest BCUT2D eigenvalue weighted by atomic mass is 10.00. The molecule has 1 aliphatic rings. The Hall–Kier alpha value is -2.17. The van der Waals surface area contributed by atoms with Crippen molar-refractivity contribution in [3.63, 3.8) is 0 Å². The molecule has 1 heterocycles. The topological polar surface area (TPSA) is 62.9 Å². The highest BCUT2D eigenvalue weighted by Gasteiger charge is 2.18. The minimum Gasteiger partial charge on any atom is -0.370 e. The maximum absolute atomic E-state index is 8.68. The summed E-state index contributed by atoms with van der Waals surface area (Å²) < 4.78 is 0. The lowest BCUT2D eigenvalue weighted by Crippen LogP contribution is -2.34. The summed E-state index contributed by atoms with van der Waals surface area (Å²) in [7, 11) is 0. The van der Waals surface area contributed by atoms with E-state index in [-0.39, 0.29) is 5.57 Å². The van der Waals surface area contributed by atoms with Crippen LogP contribution in [-0.4, -0.2) is 13.1 Å². The number of piperidine rings is 1. The van der Waals surface area contributed by atoms with Crippen molar-refractivity contribution in [1.82, 2.24) is 0 Å². The molecule has 0 saturated carbocycles. The van der Waals surface area contributed by atoms with Crippen molar-refractivity contribution in [3.8, 4) is 12.1 Å². The Kier molecular flexibility index (Phi) is 5.09. The van der Waals surface area contributed by atoms with Crippen molar-refractivity contribution < 1.29 is 0 Å². The highest BCUT2D eigenvalue weighted by Crippen LogP contribution is 2.31. The minimum absolute atomic E-state index is 0.0278. The first-order chi connectivity index (χ1) is 10.1. The molecule has 1 atom stereocenters. The minimum atomic E-state index is 0.0278. The van der Waals surface area contributed by atoms with Gasteiger partial charge in [0, 0.05) is 25.0 Å². The van der Waals surface area contributed by atoms with Gasteiger partial charge in [-0.15, -0.1) is 0 Å². The molecule has 1 N–H and O–H groups in total. The van der Waals surface area contributed by atoms with Gasteiger partial charge in [-0.25, -0.2) is 0 Å². The second-order valence-electron chi connectivity index (χ2n) is 5.29. The van der Waals surface area contributed by atoms with E-state index in [0.29, 0.717) is 10.9 Å². The molecule has 1 aromatic carbocycles. The normalized spacial score (nSPS) is 17.5. The first kappa shape index (κ1) is 15.2. The monoisotopic (exact) mass is 300 g/mol. The van der Waals surface area contributed by atoms with Crippen molar-refractivity contribution in [3.05, 3.63) is 35.0 Å². The number of nitrogens with one attached hydrogen (secondary N) is 1. The number of halogens is 1. The second kappa shape index (κ2) is 7.02. The van der Waals surface area contributed by atoms with Crippen LogP contribution in [0.25, 0.3) is 0 Å². The Morgan fingerprint density at radius 3 is 2.81 bits per heavy atom. The molecular weight excluding hydrogens is 284 g/mol. The average molecular weight is 301 g/mol. The molecule has 0 bridgehead atoms. The number of allylic oxidation sites excluding steroid dienone is 1. The SMILES string of the molecule is CC1CCCN(c2ccc(NC=C(C#N)C#N)cc2Cl)C1. The zero-order valence-corrected chi connectivity index (χ0v) is 12.7. The predicted molar refractivity (Wildman–Crippen MR) is 85.0 cm³/mol. The Morgan fingerprint density at radius 2 is 2.19 bits per heavy atom. The highest BCUT2D eigenvalue weighted by atomic mass is 35.5. The Labute approximate surface area is 130 Å². The van der Waals surface area contributed by atoms with E-state index in [9.17, 15) is 0 Å². The van der Waals surface area contributed by atoms with Crippen LogP contribution in [0, 0.1) is 28.6 Å². The van der Waals surface area contributed by atoms with Gasteiger partial charge < -0.3 is 10.2 Å². The molecule has 1 fully saturated rings. The van der Waals surface area contributed by atoms with Crippen LogP contribution in [0.1, 0.15) is 19.8 Å². The van der Waals surface area contributed by atoms with Crippen molar-refractivity contribution >= 4 is 23.0 Å². The fourth-order valence-corrected chi connectivity index (χ4v) is 2.81. The molecule has 4 nitrogen and oxygen atoms in total. The van der Waals surface area contributed by atoms with E-state index in [1.165, 1.54) is 19.0 Å². The molecule has 108 valence electrons. The average Bonchev–Trinajstić information content (AvgIpc) is 2.48. The number of benzene rings is 1. The second-order valence-corrected chi connectivity index (χ2v) is 5.69. The molecule has 0 aliphatic carbocycles. The zero-order valence-electron chi connectivity index (χ0n) is 11.9. The molecule has 1 aliphatic heterocycles. The molecule has 21 heavy (non-hydrogen) atoms. The quantitative estimate of drug-likeness (QED) is 0.859. The number of hydrogen-bond donors (Lipinski definition) is 1. The third-order valence-corrected chi connectivity index (χ3v) is 3.87. The van der Waals surface area contributed by atoms with E-state index in [4.69, 9.17) is 22.1 Å². The summed E-state index contributed by atoms with van der Waals surface area (Å²) in [6, 6.07) is 9.31. The fourth-order valence-electron chi connectivity index (χ4n) is 2.51. The lowest BCUT2D eigenvalue weighted by Gasteiger charge is -2.33. The van der Waals surface area contributed by atoms with E-state index in [2.05, 4.69) is 17.1 Å². The fraction of sp³-hybridized carbons (Fsp3) is 0.375. The van der Waals surface area contributed by atoms with Crippen molar-refractivity contribution in [2.45, 2.75) is 19.8 Å². The maximum atomic E-state index is 8.68. The molecule has 1 aromatic rings. The molecule has 0 spiro atoms. The largest absolute Gasteiger partial charge is 0.370 e. The number of rotatable bonds is 3. The van der Waals surface area contributed by atoms with E-state index in [1.54, 1.807) is 12.1 Å². The predicted octanol–water partition coefficient (Wildman–Crippen LogP) is 3.92. The van der Waals surface area contributed by atoms with E-state index < -0.39 is 0 Å². The molecule has 2 rings (SSSR count). The molecule has 1 unspecified atom stereocenters. The molecule has 0 aromatic heterocycles. The van der Waals surface area contributed by atoms with Gasteiger partial charge in [0.1, 0.15) is 17.7 Å². The van der Waals surface area contributed by atoms with Crippen LogP contribution in [-0.2, 0) is 0 Å². The Morgan fingerprint density at radius 1 is 1.43 bits per heavy atom. The van der Waals surface area contributed by atoms with Crippen LogP contribution in [0.2, 0.25) is 5.02 Å². The smallest absolute Gasteiger partial charge is 0.145 e. The van der Waals surface area contributed by atoms with Crippen LogP contribution < -0.4 is 10.2 Å². The Balaban J connectivity index is 2.13. The van der Waals surface area contributed by atoms with Crippen molar-refractivity contribution in [2.24, 2.45) is 5.92 Å². The number of anilines is 2. The van der Waals surface area contributed by atoms with Gasteiger partial charge >= 0.3 is 0 Å². The van der Waals surface area contributed by atoms with Crippen LogP contribution in [0.15, 0.2) is 30.0 Å². The summed E-state index contributed by atoms with van der Waals surface area (Å²) in [4.78, 5) is 2.31. The van der Waals surface area contributed by atoms with Gasteiger partial charge in [-0.3, -0.25) is 0 Å². The first-order valence-corrected chi connectivity index (χ1v) is 7.33. The highest BCUT2D eigenvalue weighted by molar-refractivity contribution is 6.33. The van der Waals surface area contributed by atoms with Crippen LogP contribution in [0.4, 0.5) is 11.4 Å². The van der Waals surface area contributed by atoms with Gasteiger partial charge in [0.15, 0.2) is 0 Å². The van der Waals surface area contributed by atoms with Crippen LogP contribution in [0.3, 0.4) is 0 Å². The van der Waals surface area contributed by atoms with Gasteiger partial charge in [0.2, 0.25) is 0 Å². The number of nitriles is 2. The molecular formula is C16H17ClN4. The Bertz CT molecular complexity index is 608. The van der Waals surface area contributed by atoms with Gasteiger partial charge in [-0.1, -0.05) is 18.5 Å². The summed E-state index contributed by atoms with van der Waals surface area (Å²) >= 11 is 6.36. The summed E-state index contributed by atoms with van der Waals surface area (Å²) in [6.45, 7) is 4.31. The van der Waals surface area contributed by atoms with Crippen molar-refractivity contribution in [1.29, 1.82) is 10.5 Å². The third kappa shape index (κ3) is 3.90. The molecule has 0 radical (unpaired) electrons. The van der Waals surface area contributed by atoms with Crippen molar-refractivity contribution in [2.75, 3.05) is 23.3 Å². The summed E-state index contributed by atoms with van der Waals surface area (Å²) in [5.74, 6) is 0.685. The van der Waals surface area contributed by atoms with E-state index >= 15 is 0 Å². The number of hydrogen-bond acceptors (Lipinski definition) is 4. The van der Waals surface area contributed by atoms with Gasteiger partial charge in [-0.2, -0.15) is 10.5 Å². The molecule has 1 saturated heterocycles. The summed E-state index contributed by atoms with van der Waals surface area (Å²) in [5.41, 5.74) is 1.83.